The number of carbonyl (C=O) groups excluding carboxylic acids is 1. The Kier molecular flexibility index (Phi) is 5.93. The monoisotopic (exact) mass is 263 g/mol. The zero-order chi connectivity index (χ0) is 14.3. The number of hydrogen-bond acceptors (Lipinski definition) is 3. The maximum absolute atomic E-state index is 12.2. The van der Waals surface area contributed by atoms with E-state index >= 15 is 0 Å². The van der Waals surface area contributed by atoms with Crippen molar-refractivity contribution in [2.75, 3.05) is 26.8 Å². The Morgan fingerprint density at radius 1 is 1.32 bits per heavy atom. The first-order valence-corrected chi connectivity index (χ1v) is 6.38. The zero-order valence-corrected chi connectivity index (χ0v) is 11.8. The Morgan fingerprint density at radius 3 is 2.53 bits per heavy atom. The van der Waals surface area contributed by atoms with Gasteiger partial charge in [0.1, 0.15) is 6.61 Å². The van der Waals surface area contributed by atoms with Crippen LogP contribution in [-0.4, -0.2) is 37.6 Å². The fourth-order valence-electron chi connectivity index (χ4n) is 1.76. The van der Waals surface area contributed by atoms with Gasteiger partial charge in [0, 0.05) is 18.7 Å². The van der Waals surface area contributed by atoms with Crippen LogP contribution in [0.1, 0.15) is 24.2 Å². The molecule has 0 heterocycles. The third kappa shape index (κ3) is 3.74. The van der Waals surface area contributed by atoms with Crippen molar-refractivity contribution in [3.05, 3.63) is 36.4 Å². The van der Waals surface area contributed by atoms with Crippen LogP contribution in [-0.2, 0) is 0 Å². The topological polar surface area (TPSA) is 38.8 Å². The van der Waals surface area contributed by atoms with Gasteiger partial charge in [-0.3, -0.25) is 4.79 Å². The summed E-state index contributed by atoms with van der Waals surface area (Å²) < 4.78 is 10.7. The summed E-state index contributed by atoms with van der Waals surface area (Å²) in [4.78, 5) is 14.0. The van der Waals surface area contributed by atoms with E-state index in [1.54, 1.807) is 36.3 Å². The summed E-state index contributed by atoms with van der Waals surface area (Å²) in [7, 11) is 1.57. The molecule has 0 unspecified atom stereocenters. The lowest BCUT2D eigenvalue weighted by molar-refractivity contribution is 0.0772. The second-order valence-electron chi connectivity index (χ2n) is 3.94. The SMILES string of the molecule is C=CCOc1cc(C(=O)N(CC)CC)ccc1OC. The summed E-state index contributed by atoms with van der Waals surface area (Å²) in [6.45, 7) is 9.26. The van der Waals surface area contributed by atoms with Crippen LogP contribution in [0, 0.1) is 0 Å². The Hall–Kier alpha value is -1.97. The third-order valence-corrected chi connectivity index (χ3v) is 2.82. The molecule has 0 bridgehead atoms. The summed E-state index contributed by atoms with van der Waals surface area (Å²) in [6, 6.07) is 5.21. The van der Waals surface area contributed by atoms with Gasteiger partial charge in [-0.25, -0.2) is 0 Å². The summed E-state index contributed by atoms with van der Waals surface area (Å²) in [6.07, 6.45) is 1.65. The van der Waals surface area contributed by atoms with Crippen molar-refractivity contribution in [1.82, 2.24) is 4.90 Å². The van der Waals surface area contributed by atoms with Gasteiger partial charge in [0.05, 0.1) is 7.11 Å². The second-order valence-corrected chi connectivity index (χ2v) is 3.94. The molecule has 0 aliphatic heterocycles. The first-order valence-electron chi connectivity index (χ1n) is 6.38. The maximum atomic E-state index is 12.2. The Morgan fingerprint density at radius 2 is 2.00 bits per heavy atom. The highest BCUT2D eigenvalue weighted by Gasteiger charge is 2.15. The molecule has 0 aliphatic carbocycles. The number of rotatable bonds is 7. The van der Waals surface area contributed by atoms with Crippen molar-refractivity contribution in [2.24, 2.45) is 0 Å². The van der Waals surface area contributed by atoms with Gasteiger partial charge in [0.2, 0.25) is 0 Å². The van der Waals surface area contributed by atoms with E-state index in [4.69, 9.17) is 9.47 Å². The normalized spacial score (nSPS) is 9.84. The van der Waals surface area contributed by atoms with E-state index in [0.717, 1.165) is 0 Å². The van der Waals surface area contributed by atoms with Crippen LogP contribution >= 0.6 is 0 Å². The van der Waals surface area contributed by atoms with Gasteiger partial charge in [-0.15, -0.1) is 0 Å². The largest absolute Gasteiger partial charge is 0.493 e. The third-order valence-electron chi connectivity index (χ3n) is 2.82. The van der Waals surface area contributed by atoms with Crippen molar-refractivity contribution in [3.8, 4) is 11.5 Å². The molecule has 0 atom stereocenters. The first kappa shape index (κ1) is 15.1. The van der Waals surface area contributed by atoms with Crippen LogP contribution in [0.4, 0.5) is 0 Å². The molecule has 19 heavy (non-hydrogen) atoms. The number of amides is 1. The van der Waals surface area contributed by atoms with Crippen molar-refractivity contribution in [1.29, 1.82) is 0 Å². The molecule has 4 nitrogen and oxygen atoms in total. The number of hydrogen-bond donors (Lipinski definition) is 0. The van der Waals surface area contributed by atoms with E-state index in [1.807, 2.05) is 13.8 Å². The molecular formula is C15H21NO3. The van der Waals surface area contributed by atoms with Gasteiger partial charge >= 0.3 is 0 Å². The molecule has 0 fully saturated rings. The molecule has 1 aromatic rings. The van der Waals surface area contributed by atoms with Crippen molar-refractivity contribution in [2.45, 2.75) is 13.8 Å². The fraction of sp³-hybridized carbons (Fsp3) is 0.400. The first-order chi connectivity index (χ1) is 9.17. The molecule has 104 valence electrons. The minimum atomic E-state index is -0.00361. The highest BCUT2D eigenvalue weighted by atomic mass is 16.5. The number of methoxy groups -OCH3 is 1. The van der Waals surface area contributed by atoms with Crippen molar-refractivity contribution in [3.63, 3.8) is 0 Å². The number of benzene rings is 1. The van der Waals surface area contributed by atoms with Gasteiger partial charge in [-0.05, 0) is 32.0 Å². The molecule has 0 spiro atoms. The van der Waals surface area contributed by atoms with E-state index in [1.165, 1.54) is 0 Å². The van der Waals surface area contributed by atoms with Crippen LogP contribution in [0.25, 0.3) is 0 Å². The van der Waals surface area contributed by atoms with Gasteiger partial charge in [-0.2, -0.15) is 0 Å². The van der Waals surface area contributed by atoms with Crippen LogP contribution in [0.3, 0.4) is 0 Å². The lowest BCUT2D eigenvalue weighted by Gasteiger charge is -2.19. The molecular weight excluding hydrogens is 242 g/mol. The molecule has 4 heteroatoms. The zero-order valence-electron chi connectivity index (χ0n) is 11.8. The van der Waals surface area contributed by atoms with Crippen LogP contribution in [0.5, 0.6) is 11.5 Å². The molecule has 0 aliphatic rings. The Bertz CT molecular complexity index is 439. The Labute approximate surface area is 114 Å². The summed E-state index contributed by atoms with van der Waals surface area (Å²) in [5.74, 6) is 1.16. The second kappa shape index (κ2) is 7.46. The summed E-state index contributed by atoms with van der Waals surface area (Å²) in [5, 5.41) is 0. The van der Waals surface area contributed by atoms with Crippen LogP contribution < -0.4 is 9.47 Å². The molecule has 1 amide bonds. The van der Waals surface area contributed by atoms with Crippen LogP contribution in [0.15, 0.2) is 30.9 Å². The van der Waals surface area contributed by atoms with E-state index in [2.05, 4.69) is 6.58 Å². The maximum Gasteiger partial charge on any atom is 0.253 e. The molecule has 0 radical (unpaired) electrons. The minimum absolute atomic E-state index is 0.00361. The highest BCUT2D eigenvalue weighted by molar-refractivity contribution is 5.94. The van der Waals surface area contributed by atoms with E-state index in [-0.39, 0.29) is 5.91 Å². The highest BCUT2D eigenvalue weighted by Crippen LogP contribution is 2.28. The Balaban J connectivity index is 3.02. The predicted molar refractivity (Wildman–Crippen MR) is 75.9 cm³/mol. The van der Waals surface area contributed by atoms with Gasteiger partial charge in [0.15, 0.2) is 11.5 Å². The van der Waals surface area contributed by atoms with Gasteiger partial charge in [0.25, 0.3) is 5.91 Å². The van der Waals surface area contributed by atoms with Crippen molar-refractivity contribution < 1.29 is 14.3 Å². The number of ether oxygens (including phenoxy) is 2. The molecule has 0 saturated heterocycles. The van der Waals surface area contributed by atoms with Gasteiger partial charge < -0.3 is 14.4 Å². The number of nitrogens with zero attached hydrogens (tertiary/aromatic N) is 1. The molecule has 0 N–H and O–H groups in total. The van der Waals surface area contributed by atoms with Crippen LogP contribution in [0.2, 0.25) is 0 Å². The predicted octanol–water partition coefficient (Wildman–Crippen LogP) is 2.74. The summed E-state index contributed by atoms with van der Waals surface area (Å²) >= 11 is 0. The molecule has 0 saturated carbocycles. The van der Waals surface area contributed by atoms with E-state index in [9.17, 15) is 4.79 Å². The average Bonchev–Trinajstić information content (AvgIpc) is 2.45. The standard InChI is InChI=1S/C15H21NO3/c1-5-10-19-14-11-12(8-9-13(14)18-4)15(17)16(6-2)7-3/h5,8-9,11H,1,6-7,10H2,2-4H3. The van der Waals surface area contributed by atoms with Crippen molar-refractivity contribution >= 4 is 5.91 Å². The minimum Gasteiger partial charge on any atom is -0.493 e. The lowest BCUT2D eigenvalue weighted by atomic mass is 10.1. The quantitative estimate of drug-likeness (QED) is 0.710. The number of carbonyl (C=O) groups is 1. The van der Waals surface area contributed by atoms with Gasteiger partial charge in [-0.1, -0.05) is 12.7 Å². The van der Waals surface area contributed by atoms with E-state index in [0.29, 0.717) is 36.8 Å². The molecule has 0 aromatic heterocycles. The average molecular weight is 263 g/mol. The smallest absolute Gasteiger partial charge is 0.253 e. The molecule has 1 rings (SSSR count). The van der Waals surface area contributed by atoms with E-state index < -0.39 is 0 Å². The molecule has 1 aromatic carbocycles. The fourth-order valence-corrected chi connectivity index (χ4v) is 1.76. The summed E-state index contributed by atoms with van der Waals surface area (Å²) in [5.41, 5.74) is 0.601. The lowest BCUT2D eigenvalue weighted by Crippen LogP contribution is -2.30.